The van der Waals surface area contributed by atoms with Crippen LogP contribution in [0.25, 0.3) is 10.1 Å². The smallest absolute Gasteiger partial charge is 0.135 e. The maximum absolute atomic E-state index is 9.33. The van der Waals surface area contributed by atoms with Crippen molar-refractivity contribution in [1.82, 2.24) is 0 Å². The number of rotatable bonds is 0. The van der Waals surface area contributed by atoms with E-state index in [1.54, 1.807) is 11.4 Å². The van der Waals surface area contributed by atoms with Gasteiger partial charge in [0.1, 0.15) is 11.5 Å². The summed E-state index contributed by atoms with van der Waals surface area (Å²) >= 11 is 7.14. The molecule has 4 heteroatoms. The van der Waals surface area contributed by atoms with Gasteiger partial charge in [-0.25, -0.2) is 0 Å². The molecular weight excluding hydrogens is 196 g/mol. The maximum Gasteiger partial charge on any atom is 0.135 e. The summed E-state index contributed by atoms with van der Waals surface area (Å²) < 4.78 is 0.789. The minimum atomic E-state index is 0.120. The number of benzene rings is 1. The van der Waals surface area contributed by atoms with Gasteiger partial charge in [0.25, 0.3) is 0 Å². The van der Waals surface area contributed by atoms with E-state index in [1.807, 2.05) is 0 Å². The molecular formula is C8H5ClO2S. The highest BCUT2D eigenvalue weighted by Gasteiger charge is 2.07. The number of phenols is 1. The van der Waals surface area contributed by atoms with Crippen molar-refractivity contribution in [1.29, 1.82) is 0 Å². The van der Waals surface area contributed by atoms with Crippen molar-refractivity contribution in [2.75, 3.05) is 0 Å². The molecule has 0 saturated carbocycles. The second kappa shape index (κ2) is 2.54. The molecule has 0 saturated heterocycles. The zero-order chi connectivity index (χ0) is 8.72. The van der Waals surface area contributed by atoms with Crippen LogP contribution in [0.1, 0.15) is 0 Å². The van der Waals surface area contributed by atoms with Crippen LogP contribution in [0.3, 0.4) is 0 Å². The number of hydrogen-bond donors (Lipinski definition) is 2. The first-order valence-corrected chi connectivity index (χ1v) is 4.53. The predicted molar refractivity (Wildman–Crippen MR) is 50.2 cm³/mol. The molecule has 0 fully saturated rings. The Labute approximate surface area is 77.6 Å². The number of thiophene rings is 1. The number of phenolic OH excluding ortho intramolecular Hbond substituents is 1. The third-order valence-corrected chi connectivity index (χ3v) is 2.81. The fourth-order valence-electron chi connectivity index (χ4n) is 1.09. The van der Waals surface area contributed by atoms with E-state index >= 15 is 0 Å². The molecule has 2 aromatic rings. The topological polar surface area (TPSA) is 40.5 Å². The predicted octanol–water partition coefficient (Wildman–Crippen LogP) is 2.97. The second-order valence-electron chi connectivity index (χ2n) is 2.42. The third-order valence-electron chi connectivity index (χ3n) is 1.59. The highest BCUT2D eigenvalue weighted by atomic mass is 35.5. The van der Waals surface area contributed by atoms with Gasteiger partial charge in [-0.3, -0.25) is 0 Å². The summed E-state index contributed by atoms with van der Waals surface area (Å²) in [6.45, 7) is 0. The molecule has 2 nitrogen and oxygen atoms in total. The molecule has 0 aliphatic rings. The third kappa shape index (κ3) is 1.02. The molecule has 0 spiro atoms. The van der Waals surface area contributed by atoms with E-state index < -0.39 is 0 Å². The Morgan fingerprint density at radius 3 is 2.75 bits per heavy atom. The molecule has 0 radical (unpaired) electrons. The number of aromatic hydroxyl groups is 2. The lowest BCUT2D eigenvalue weighted by atomic mass is 10.2. The van der Waals surface area contributed by atoms with Gasteiger partial charge in [-0.15, -0.1) is 11.3 Å². The lowest BCUT2D eigenvalue weighted by Gasteiger charge is -1.96. The van der Waals surface area contributed by atoms with Crippen LogP contribution >= 0.6 is 22.9 Å². The van der Waals surface area contributed by atoms with Gasteiger partial charge >= 0.3 is 0 Å². The second-order valence-corrected chi connectivity index (χ2v) is 3.74. The van der Waals surface area contributed by atoms with Gasteiger partial charge in [0.15, 0.2) is 0 Å². The summed E-state index contributed by atoms with van der Waals surface area (Å²) in [5.74, 6) is 0.286. The lowest BCUT2D eigenvalue weighted by molar-refractivity contribution is 0.475. The Morgan fingerprint density at radius 1 is 1.25 bits per heavy atom. The number of hydrogen-bond acceptors (Lipinski definition) is 3. The molecule has 1 aromatic carbocycles. The fraction of sp³-hybridized carbons (Fsp3) is 0. The Kier molecular flexibility index (Phi) is 1.63. The Bertz CT molecular complexity index is 436. The minimum Gasteiger partial charge on any atom is -0.508 e. The Morgan fingerprint density at radius 2 is 2.00 bits per heavy atom. The van der Waals surface area contributed by atoms with Crippen molar-refractivity contribution < 1.29 is 10.2 Å². The average Bonchev–Trinajstić information content (AvgIpc) is 2.31. The summed E-state index contributed by atoms with van der Waals surface area (Å²) in [6.07, 6.45) is 0. The van der Waals surface area contributed by atoms with Gasteiger partial charge in [-0.05, 0) is 12.1 Å². The van der Waals surface area contributed by atoms with Crippen LogP contribution in [0, 0.1) is 0 Å². The van der Waals surface area contributed by atoms with Crippen LogP contribution in [0.15, 0.2) is 17.5 Å². The summed E-state index contributed by atoms with van der Waals surface area (Å²) in [5, 5.41) is 21.1. The van der Waals surface area contributed by atoms with Crippen molar-refractivity contribution in [2.24, 2.45) is 0 Å². The van der Waals surface area contributed by atoms with Crippen molar-refractivity contribution in [3.8, 4) is 11.5 Å². The van der Waals surface area contributed by atoms with Crippen molar-refractivity contribution in [2.45, 2.75) is 0 Å². The molecule has 0 unspecified atom stereocenters. The first kappa shape index (κ1) is 7.71. The lowest BCUT2D eigenvalue weighted by Crippen LogP contribution is -1.68. The average molecular weight is 201 g/mol. The summed E-state index contributed by atoms with van der Waals surface area (Å²) in [5.41, 5.74) is 0. The van der Waals surface area contributed by atoms with E-state index in [1.165, 1.54) is 17.4 Å². The van der Waals surface area contributed by atoms with Gasteiger partial charge in [-0.2, -0.15) is 0 Å². The SMILES string of the molecule is Oc1cc(Cl)c2c(O)csc2c1. The molecule has 0 bridgehead atoms. The van der Waals surface area contributed by atoms with Gasteiger partial charge < -0.3 is 10.2 Å². The Hall–Kier alpha value is -0.930. The molecule has 0 aliphatic heterocycles. The highest BCUT2D eigenvalue weighted by molar-refractivity contribution is 7.17. The van der Waals surface area contributed by atoms with E-state index in [4.69, 9.17) is 16.7 Å². The van der Waals surface area contributed by atoms with Gasteiger partial charge in [0.05, 0.1) is 10.4 Å². The molecule has 0 atom stereocenters. The Balaban J connectivity index is 2.93. The fourth-order valence-corrected chi connectivity index (χ4v) is 2.33. The molecule has 1 heterocycles. The molecule has 0 amide bonds. The van der Waals surface area contributed by atoms with Crippen LogP contribution < -0.4 is 0 Å². The van der Waals surface area contributed by atoms with Gasteiger partial charge in [-0.1, -0.05) is 11.6 Å². The molecule has 0 aliphatic carbocycles. The summed E-state index contributed by atoms with van der Waals surface area (Å²) in [6, 6.07) is 2.99. The van der Waals surface area contributed by atoms with Crippen molar-refractivity contribution in [3.63, 3.8) is 0 Å². The zero-order valence-electron chi connectivity index (χ0n) is 5.91. The van der Waals surface area contributed by atoms with E-state index in [9.17, 15) is 5.11 Å². The summed E-state index contributed by atoms with van der Waals surface area (Å²) in [4.78, 5) is 0. The van der Waals surface area contributed by atoms with Crippen molar-refractivity contribution >= 4 is 33.0 Å². The minimum absolute atomic E-state index is 0.120. The van der Waals surface area contributed by atoms with E-state index in [0.717, 1.165) is 4.70 Å². The first-order chi connectivity index (χ1) is 5.68. The van der Waals surface area contributed by atoms with Crippen LogP contribution in [-0.2, 0) is 0 Å². The molecule has 12 heavy (non-hydrogen) atoms. The van der Waals surface area contributed by atoms with E-state index in [2.05, 4.69) is 0 Å². The van der Waals surface area contributed by atoms with Crippen LogP contribution in [-0.4, -0.2) is 10.2 Å². The standard InChI is InChI=1S/C8H5ClO2S/c9-5-1-4(10)2-7-8(5)6(11)3-12-7/h1-3,10-11H. The summed E-state index contributed by atoms with van der Waals surface area (Å²) in [7, 11) is 0. The van der Waals surface area contributed by atoms with Crippen LogP contribution in [0.2, 0.25) is 5.02 Å². The van der Waals surface area contributed by atoms with Crippen LogP contribution in [0.5, 0.6) is 11.5 Å². The number of fused-ring (bicyclic) bond motifs is 1. The van der Waals surface area contributed by atoms with Crippen LogP contribution in [0.4, 0.5) is 0 Å². The molecule has 1 aromatic heterocycles. The first-order valence-electron chi connectivity index (χ1n) is 3.27. The van der Waals surface area contributed by atoms with Gasteiger partial charge in [0.2, 0.25) is 0 Å². The van der Waals surface area contributed by atoms with E-state index in [0.29, 0.717) is 10.4 Å². The molecule has 62 valence electrons. The highest BCUT2D eigenvalue weighted by Crippen LogP contribution is 2.38. The maximum atomic E-state index is 9.33. The normalized spacial score (nSPS) is 10.8. The quantitative estimate of drug-likeness (QED) is 0.687. The monoisotopic (exact) mass is 200 g/mol. The van der Waals surface area contributed by atoms with E-state index in [-0.39, 0.29) is 11.5 Å². The zero-order valence-corrected chi connectivity index (χ0v) is 7.49. The molecule has 2 rings (SSSR count). The van der Waals surface area contributed by atoms with Crippen molar-refractivity contribution in [3.05, 3.63) is 22.5 Å². The van der Waals surface area contributed by atoms with Gasteiger partial charge in [0, 0.05) is 10.1 Å². The molecule has 2 N–H and O–H groups in total. The number of halogens is 1. The largest absolute Gasteiger partial charge is 0.508 e.